The fourth-order valence-corrected chi connectivity index (χ4v) is 14.2. The van der Waals surface area contributed by atoms with Crippen molar-refractivity contribution >= 4 is 111 Å². The Labute approximate surface area is 514 Å². The number of aryl methyl sites for hydroxylation is 1. The van der Waals surface area contributed by atoms with Gasteiger partial charge in [0.25, 0.3) is 0 Å². The number of nitrogens with zero attached hydrogens (tertiary/aromatic N) is 10. The van der Waals surface area contributed by atoms with Gasteiger partial charge in [0.1, 0.15) is 10.8 Å². The number of thiophene rings is 1. The summed E-state index contributed by atoms with van der Waals surface area (Å²) in [5.41, 5.74) is 11.3. The van der Waals surface area contributed by atoms with Crippen LogP contribution in [0, 0.1) is 6.92 Å². The number of aromatic nitrogens is 6. The van der Waals surface area contributed by atoms with Gasteiger partial charge in [-0.05, 0) is 101 Å². The van der Waals surface area contributed by atoms with Gasteiger partial charge in [-0.25, -0.2) is 41.3 Å². The molecule has 0 radical (unpaired) electrons. The number of ether oxygens (including phenoxy) is 4. The van der Waals surface area contributed by atoms with Crippen molar-refractivity contribution in [2.75, 3.05) is 87.4 Å². The topological polar surface area (TPSA) is 289 Å². The van der Waals surface area contributed by atoms with Crippen LogP contribution < -0.4 is 26.0 Å². The van der Waals surface area contributed by atoms with E-state index in [0.29, 0.717) is 124 Å². The van der Waals surface area contributed by atoms with Crippen molar-refractivity contribution in [1.82, 2.24) is 43.8 Å². The third kappa shape index (κ3) is 14.7. The minimum Gasteiger partial charge on any atom is -0.489 e. The maximum absolute atomic E-state index is 13.8. The second kappa shape index (κ2) is 26.7. The molecule has 10 rings (SSSR count). The van der Waals surface area contributed by atoms with Crippen molar-refractivity contribution < 1.29 is 50.2 Å². The Morgan fingerprint density at radius 2 is 1.57 bits per heavy atom. The van der Waals surface area contributed by atoms with Gasteiger partial charge in [-0.1, -0.05) is 35.9 Å². The van der Waals surface area contributed by atoms with Crippen molar-refractivity contribution in [3.63, 3.8) is 0 Å². The number of sulfonamides is 1. The van der Waals surface area contributed by atoms with Gasteiger partial charge in [-0.2, -0.15) is 14.4 Å². The number of rotatable bonds is 20. The molecule has 3 aliphatic rings. The summed E-state index contributed by atoms with van der Waals surface area (Å²) in [6, 6.07) is 17.1. The number of carbonyl (C=O) groups excluding carboxylic acids is 3. The molecule has 3 aromatic carbocycles. The minimum atomic E-state index is -3.63. The van der Waals surface area contributed by atoms with Gasteiger partial charge < -0.3 is 45.1 Å². The van der Waals surface area contributed by atoms with E-state index in [9.17, 15) is 31.2 Å². The predicted octanol–water partition coefficient (Wildman–Crippen LogP) is 8.48. The summed E-state index contributed by atoms with van der Waals surface area (Å²) in [7, 11) is -6.88. The van der Waals surface area contributed by atoms with Gasteiger partial charge in [-0.15, -0.1) is 11.3 Å². The lowest BCUT2D eigenvalue weighted by atomic mass is 9.86. The Kier molecular flexibility index (Phi) is 19.3. The number of benzene rings is 3. The summed E-state index contributed by atoms with van der Waals surface area (Å²) >= 11 is 8.16. The highest BCUT2D eigenvalue weighted by Gasteiger charge is 2.31. The van der Waals surface area contributed by atoms with Gasteiger partial charge in [0.15, 0.2) is 27.3 Å². The van der Waals surface area contributed by atoms with Crippen molar-refractivity contribution in [1.29, 1.82) is 0 Å². The molecule has 3 saturated heterocycles. The van der Waals surface area contributed by atoms with Crippen LogP contribution in [0.25, 0.3) is 32.5 Å². The van der Waals surface area contributed by atoms with Crippen molar-refractivity contribution in [2.45, 2.75) is 108 Å². The number of hydrogen-bond acceptors (Lipinski definition) is 22. The summed E-state index contributed by atoms with van der Waals surface area (Å²) in [5.74, 6) is 1.09. The highest BCUT2D eigenvalue weighted by molar-refractivity contribution is 7.92. The number of sulfone groups is 1. The monoisotopic (exact) mass is 1270 g/mol. The molecule has 2 atom stereocenters. The van der Waals surface area contributed by atoms with Gasteiger partial charge in [-0.3, -0.25) is 14.5 Å². The van der Waals surface area contributed by atoms with E-state index in [4.69, 9.17) is 46.3 Å². The molecule has 7 heterocycles. The molecule has 0 bridgehead atoms. The Balaban J connectivity index is 0.727. The molecule has 7 aromatic rings. The number of para-hydroxylation sites is 1. The largest absolute Gasteiger partial charge is 0.489 e. The second-order valence-corrected chi connectivity index (χ2v) is 28.5. The minimum absolute atomic E-state index is 0.0694. The predicted molar refractivity (Wildman–Crippen MR) is 334 cm³/mol. The summed E-state index contributed by atoms with van der Waals surface area (Å²) in [6.07, 6.45) is 2.87. The molecular weight excluding hydrogens is 1200 g/mol. The van der Waals surface area contributed by atoms with E-state index in [0.717, 1.165) is 32.0 Å². The molecule has 4 N–H and O–H groups in total. The van der Waals surface area contributed by atoms with Crippen LogP contribution in [0.4, 0.5) is 33.8 Å². The van der Waals surface area contributed by atoms with Crippen LogP contribution in [0.15, 0.2) is 78.0 Å². The number of halogens is 1. The Bertz CT molecular complexity index is 3920. The van der Waals surface area contributed by atoms with Crippen LogP contribution in [0.3, 0.4) is 0 Å². The molecule has 4 aromatic heterocycles. The average Bonchev–Trinajstić information content (AvgIpc) is 1.95. The normalized spacial score (nSPS) is 16.6. The number of piperazine rings is 1. The number of piperidine rings is 1. The van der Waals surface area contributed by atoms with Crippen molar-refractivity contribution in [3.05, 3.63) is 94.1 Å². The van der Waals surface area contributed by atoms with E-state index in [2.05, 4.69) is 41.6 Å². The summed E-state index contributed by atoms with van der Waals surface area (Å²) in [6.45, 7) is 16.5. The summed E-state index contributed by atoms with van der Waals surface area (Å²) in [5, 5.41) is 11.0. The standard InChI is InChI=1S/C59H72ClN13O11S3/c1-35(2)82-50-31-43(37(5)27-47(50)66-58-62-33-45(60)56(68-58)64-46-12-8-9-14-51(46)87(79,80)36(3)4)39-15-17-71(18-16-39)59(76)84-38(6)83-53(75)29-40(61)28-52(74)73-49-13-10-11-42(44(49)32-63-73)55-65-48-30-41(34-69-19-21-72(22-20-69)86(7,77)78)85-54(48)57(67-55)70-23-25-81-26-24-70/h8-14,27,30-33,35-36,38-40H,15-26,28-29,34,61H2,1-7H3,(H2,62,64,66,68). The number of amides is 1. The zero-order valence-electron chi connectivity index (χ0n) is 49.6. The third-order valence-corrected chi connectivity index (χ3v) is 20.3. The van der Waals surface area contributed by atoms with Gasteiger partial charge in [0.05, 0.1) is 81.6 Å². The molecular formula is C59H72ClN13O11S3. The lowest BCUT2D eigenvalue weighted by Gasteiger charge is -2.33. The fourth-order valence-electron chi connectivity index (χ4n) is 10.9. The van der Waals surface area contributed by atoms with Crippen LogP contribution in [0.2, 0.25) is 5.02 Å². The van der Waals surface area contributed by atoms with Crippen LogP contribution in [0.5, 0.6) is 5.75 Å². The SMILES string of the molecule is Cc1cc(Nc2ncc(Cl)c(Nc3ccccc3S(=O)(=O)C(C)C)n2)c(OC(C)C)cc1C1CCN(C(=O)OC(C)OC(=O)CC(N)CC(=O)n2ncc3c(-c4nc(N5CCOCC5)c5sc(CN6CCN(S(C)(=O)=O)CC6)cc5n4)cccc32)CC1. The molecule has 3 aliphatic heterocycles. The fraction of sp³-hybridized carbons (Fsp3) is 0.458. The molecule has 0 aliphatic carbocycles. The molecule has 28 heteroatoms. The highest BCUT2D eigenvalue weighted by Crippen LogP contribution is 2.40. The van der Waals surface area contributed by atoms with Gasteiger partial charge in [0.2, 0.25) is 28.2 Å². The number of carbonyl (C=O) groups is 3. The van der Waals surface area contributed by atoms with Crippen LogP contribution >= 0.6 is 22.9 Å². The van der Waals surface area contributed by atoms with Gasteiger partial charge >= 0.3 is 12.1 Å². The number of nitrogens with one attached hydrogen (secondary N) is 2. The molecule has 24 nitrogen and oxygen atoms in total. The van der Waals surface area contributed by atoms with Crippen LogP contribution in [-0.4, -0.2) is 174 Å². The third-order valence-electron chi connectivity index (χ3n) is 15.4. The molecule has 3 fully saturated rings. The van der Waals surface area contributed by atoms with E-state index in [-0.39, 0.29) is 46.5 Å². The number of likely N-dealkylation sites (tertiary alicyclic amines) is 1. The quantitative estimate of drug-likeness (QED) is 0.0476. The number of nitrogens with two attached hydrogens (primary N) is 1. The molecule has 0 spiro atoms. The molecule has 2 unspecified atom stereocenters. The lowest BCUT2D eigenvalue weighted by Crippen LogP contribution is -2.47. The van der Waals surface area contributed by atoms with E-state index >= 15 is 0 Å². The van der Waals surface area contributed by atoms with Crippen molar-refractivity contribution in [2.24, 2.45) is 5.73 Å². The Hall–Kier alpha value is -7.11. The number of hydrogen-bond donors (Lipinski definition) is 3. The molecule has 0 saturated carbocycles. The zero-order chi connectivity index (χ0) is 61.9. The average molecular weight is 1270 g/mol. The second-order valence-electron chi connectivity index (χ2n) is 22.5. The molecule has 87 heavy (non-hydrogen) atoms. The van der Waals surface area contributed by atoms with E-state index < -0.39 is 55.4 Å². The Morgan fingerprint density at radius 3 is 2.29 bits per heavy atom. The van der Waals surface area contributed by atoms with Gasteiger partial charge in [0, 0.05) is 94.1 Å². The lowest BCUT2D eigenvalue weighted by molar-refractivity contribution is -0.166. The summed E-state index contributed by atoms with van der Waals surface area (Å²) in [4.78, 5) is 66.8. The molecule has 464 valence electrons. The number of anilines is 5. The van der Waals surface area contributed by atoms with Crippen LogP contribution in [0.1, 0.15) is 87.0 Å². The first-order valence-electron chi connectivity index (χ1n) is 28.9. The van der Waals surface area contributed by atoms with Crippen molar-refractivity contribution in [3.8, 4) is 17.1 Å². The first kappa shape index (κ1) is 62.9. The highest BCUT2D eigenvalue weighted by atomic mass is 35.5. The first-order valence-corrected chi connectivity index (χ1v) is 33.5. The Morgan fingerprint density at radius 1 is 0.839 bits per heavy atom. The van der Waals surface area contributed by atoms with E-state index in [1.54, 1.807) is 60.5 Å². The smallest absolute Gasteiger partial charge is 0.412 e. The first-order chi connectivity index (χ1) is 41.5. The van der Waals surface area contributed by atoms with E-state index in [1.165, 1.54) is 34.4 Å². The zero-order valence-corrected chi connectivity index (χ0v) is 52.8. The maximum Gasteiger partial charge on any atom is 0.412 e. The van der Waals surface area contributed by atoms with E-state index in [1.807, 2.05) is 45.0 Å². The number of esters is 1. The molecule has 1 amide bonds. The number of fused-ring (bicyclic) bond motifs is 2. The maximum atomic E-state index is 13.8. The van der Waals surface area contributed by atoms with Crippen LogP contribution in [-0.2, 0) is 45.4 Å². The number of morpholine rings is 1. The summed E-state index contributed by atoms with van der Waals surface area (Å²) < 4.78 is 77.3.